The second kappa shape index (κ2) is 5.30. The number of hydrogen-bond donors (Lipinski definition) is 2. The molecule has 0 radical (unpaired) electrons. The minimum atomic E-state index is -2.99. The molecule has 8 heteroatoms. The molecule has 96 valence electrons. The van der Waals surface area contributed by atoms with Gasteiger partial charge in [0, 0.05) is 39.5 Å². The fourth-order valence-electron chi connectivity index (χ4n) is 1.81. The van der Waals surface area contributed by atoms with Crippen molar-refractivity contribution in [2.45, 2.75) is 0 Å². The molecule has 0 aliphatic carbocycles. The molecule has 2 N–H and O–H groups in total. The van der Waals surface area contributed by atoms with Crippen molar-refractivity contribution < 1.29 is 18.9 Å². The highest BCUT2D eigenvalue weighted by atomic mass is 31.2. The van der Waals surface area contributed by atoms with E-state index in [1.54, 1.807) is 0 Å². The van der Waals surface area contributed by atoms with Crippen LogP contribution in [0.25, 0.3) is 0 Å². The van der Waals surface area contributed by atoms with Crippen LogP contribution in [0, 0.1) is 0 Å². The number of rotatable bonds is 4. The van der Waals surface area contributed by atoms with Crippen molar-refractivity contribution in [3.05, 3.63) is 0 Å². The van der Waals surface area contributed by atoms with Gasteiger partial charge in [-0.3, -0.25) is 18.9 Å². The van der Waals surface area contributed by atoms with Crippen molar-refractivity contribution in [2.75, 3.05) is 52.1 Å². The van der Waals surface area contributed by atoms with E-state index in [0.717, 1.165) is 0 Å². The molecule has 0 bridgehead atoms. The van der Waals surface area contributed by atoms with Gasteiger partial charge in [0.2, 0.25) is 14.7 Å². The van der Waals surface area contributed by atoms with Gasteiger partial charge < -0.3 is 9.79 Å². The molecular formula is C8H20N2O4P2. The van der Waals surface area contributed by atoms with Crippen LogP contribution in [-0.4, -0.2) is 71.7 Å². The van der Waals surface area contributed by atoms with Crippen LogP contribution in [0.5, 0.6) is 0 Å². The minimum absolute atomic E-state index is 0.212. The predicted molar refractivity (Wildman–Crippen MR) is 64.4 cm³/mol. The smallest absolute Gasteiger partial charge is 0.211 e. The summed E-state index contributed by atoms with van der Waals surface area (Å²) in [7, 11) is -5.98. The number of piperazine rings is 1. The summed E-state index contributed by atoms with van der Waals surface area (Å²) < 4.78 is 22.4. The monoisotopic (exact) mass is 270 g/mol. The first-order valence-electron chi connectivity index (χ1n) is 5.19. The standard InChI is InChI=1S/C8H20N2O4P2/c1-15(11,12)7-9-3-5-10(6-4-9)8-16(2,13)14/h3-8H2,1-2H3,(H,11,12)(H,13,14). The normalized spacial score (nSPS) is 27.2. The molecule has 0 aromatic carbocycles. The third-order valence-electron chi connectivity index (χ3n) is 2.39. The summed E-state index contributed by atoms with van der Waals surface area (Å²) in [6, 6.07) is 0. The lowest BCUT2D eigenvalue weighted by atomic mass is 10.4. The molecule has 1 fully saturated rings. The first kappa shape index (κ1) is 14.4. The third-order valence-corrected chi connectivity index (χ3v) is 4.24. The van der Waals surface area contributed by atoms with Crippen LogP contribution in [0.15, 0.2) is 0 Å². The summed E-state index contributed by atoms with van der Waals surface area (Å²) >= 11 is 0. The fourth-order valence-corrected chi connectivity index (χ4v) is 3.86. The van der Waals surface area contributed by atoms with Crippen LogP contribution in [0.1, 0.15) is 0 Å². The van der Waals surface area contributed by atoms with Crippen molar-refractivity contribution in [1.82, 2.24) is 9.80 Å². The first-order valence-corrected chi connectivity index (χ1v) is 9.77. The maximum absolute atomic E-state index is 11.2. The van der Waals surface area contributed by atoms with E-state index in [9.17, 15) is 18.9 Å². The van der Waals surface area contributed by atoms with Crippen LogP contribution in [-0.2, 0) is 9.13 Å². The Hall–Kier alpha value is 0.300. The van der Waals surface area contributed by atoms with Gasteiger partial charge in [-0.1, -0.05) is 0 Å². The van der Waals surface area contributed by atoms with E-state index in [4.69, 9.17) is 0 Å². The van der Waals surface area contributed by atoms with E-state index < -0.39 is 14.7 Å². The highest BCUT2D eigenvalue weighted by Gasteiger charge is 2.24. The third kappa shape index (κ3) is 6.14. The molecule has 1 aliphatic heterocycles. The van der Waals surface area contributed by atoms with E-state index >= 15 is 0 Å². The molecule has 0 saturated carbocycles. The van der Waals surface area contributed by atoms with Crippen LogP contribution < -0.4 is 0 Å². The Morgan fingerprint density at radius 3 is 1.31 bits per heavy atom. The summed E-state index contributed by atoms with van der Waals surface area (Å²) in [6.07, 6.45) is 0.424. The Morgan fingerprint density at radius 1 is 0.875 bits per heavy atom. The van der Waals surface area contributed by atoms with Gasteiger partial charge in [0.15, 0.2) is 0 Å². The molecular weight excluding hydrogens is 250 g/mol. The molecule has 1 rings (SSSR count). The van der Waals surface area contributed by atoms with Crippen molar-refractivity contribution in [1.29, 1.82) is 0 Å². The SMILES string of the molecule is CP(=O)(O)CN1CCN(CP(C)(=O)O)CC1. The van der Waals surface area contributed by atoms with E-state index in [0.29, 0.717) is 26.2 Å². The van der Waals surface area contributed by atoms with Crippen LogP contribution in [0.3, 0.4) is 0 Å². The first-order chi connectivity index (χ1) is 7.16. The molecule has 2 unspecified atom stereocenters. The molecule has 1 saturated heterocycles. The van der Waals surface area contributed by atoms with Gasteiger partial charge in [0.05, 0.1) is 12.6 Å². The van der Waals surface area contributed by atoms with E-state index in [2.05, 4.69) is 0 Å². The van der Waals surface area contributed by atoms with Gasteiger partial charge in [-0.15, -0.1) is 0 Å². The highest BCUT2D eigenvalue weighted by molar-refractivity contribution is 7.57. The lowest BCUT2D eigenvalue weighted by Gasteiger charge is -2.35. The molecule has 0 spiro atoms. The lowest BCUT2D eigenvalue weighted by molar-refractivity contribution is 0.159. The zero-order valence-corrected chi connectivity index (χ0v) is 11.5. The predicted octanol–water partition coefficient (Wildman–Crippen LogP) is 0.319. The van der Waals surface area contributed by atoms with E-state index in [1.165, 1.54) is 13.3 Å². The van der Waals surface area contributed by atoms with Gasteiger partial charge in [-0.25, -0.2) is 0 Å². The zero-order valence-electron chi connectivity index (χ0n) is 9.74. The largest absolute Gasteiger partial charge is 0.344 e. The Bertz CT molecular complexity index is 284. The second-order valence-corrected chi connectivity index (χ2v) is 9.39. The molecule has 6 nitrogen and oxygen atoms in total. The average molecular weight is 270 g/mol. The summed E-state index contributed by atoms with van der Waals surface area (Å²) in [5.41, 5.74) is 0. The Labute approximate surface area is 96.1 Å². The Kier molecular flexibility index (Phi) is 4.76. The summed E-state index contributed by atoms with van der Waals surface area (Å²) in [5.74, 6) is 0. The van der Waals surface area contributed by atoms with E-state index in [1.807, 2.05) is 9.80 Å². The molecule has 1 aliphatic rings. The van der Waals surface area contributed by atoms with Crippen molar-refractivity contribution >= 4 is 14.7 Å². The quantitative estimate of drug-likeness (QED) is 0.716. The average Bonchev–Trinajstić information content (AvgIpc) is 2.03. The fraction of sp³-hybridized carbons (Fsp3) is 1.00. The molecule has 16 heavy (non-hydrogen) atoms. The van der Waals surface area contributed by atoms with Gasteiger partial charge in [-0.05, 0) is 0 Å². The van der Waals surface area contributed by atoms with Crippen molar-refractivity contribution in [3.63, 3.8) is 0 Å². The summed E-state index contributed by atoms with van der Waals surface area (Å²) in [4.78, 5) is 22.3. The van der Waals surface area contributed by atoms with Crippen molar-refractivity contribution in [3.8, 4) is 0 Å². The molecule has 1 heterocycles. The van der Waals surface area contributed by atoms with Crippen LogP contribution >= 0.6 is 14.7 Å². The van der Waals surface area contributed by atoms with Gasteiger partial charge in [0.1, 0.15) is 0 Å². The number of nitrogens with zero attached hydrogens (tertiary/aromatic N) is 2. The summed E-state index contributed by atoms with van der Waals surface area (Å²) in [5, 5.41) is 0. The van der Waals surface area contributed by atoms with Crippen molar-refractivity contribution in [2.24, 2.45) is 0 Å². The zero-order chi connectivity index (χ0) is 12.4. The minimum Gasteiger partial charge on any atom is -0.344 e. The molecule has 0 aromatic heterocycles. The Balaban J connectivity index is 2.34. The lowest BCUT2D eigenvalue weighted by Crippen LogP contribution is -2.46. The second-order valence-electron chi connectivity index (χ2n) is 4.62. The molecule has 2 atom stereocenters. The van der Waals surface area contributed by atoms with Gasteiger partial charge in [-0.2, -0.15) is 0 Å². The van der Waals surface area contributed by atoms with Gasteiger partial charge in [0.25, 0.3) is 0 Å². The summed E-state index contributed by atoms with van der Waals surface area (Å²) in [6.45, 7) is 5.42. The maximum Gasteiger partial charge on any atom is 0.211 e. The van der Waals surface area contributed by atoms with Gasteiger partial charge >= 0.3 is 0 Å². The molecule has 0 aromatic rings. The maximum atomic E-state index is 11.2. The van der Waals surface area contributed by atoms with Crippen LogP contribution in [0.4, 0.5) is 0 Å². The topological polar surface area (TPSA) is 81.1 Å². The molecule has 0 amide bonds. The Morgan fingerprint density at radius 2 is 1.12 bits per heavy atom. The van der Waals surface area contributed by atoms with E-state index in [-0.39, 0.29) is 12.6 Å². The number of hydrogen-bond acceptors (Lipinski definition) is 4. The van der Waals surface area contributed by atoms with Crippen LogP contribution in [0.2, 0.25) is 0 Å². The highest BCUT2D eigenvalue weighted by Crippen LogP contribution is 2.38.